The van der Waals surface area contributed by atoms with Crippen molar-refractivity contribution in [2.45, 2.75) is 70.9 Å². The molecular weight excluding hydrogens is 446 g/mol. The van der Waals surface area contributed by atoms with Gasteiger partial charge in [0.15, 0.2) is 5.16 Å². The van der Waals surface area contributed by atoms with Gasteiger partial charge in [0, 0.05) is 32.6 Å². The molecule has 8 heteroatoms. The van der Waals surface area contributed by atoms with E-state index in [-0.39, 0.29) is 11.8 Å². The van der Waals surface area contributed by atoms with Crippen LogP contribution in [0.2, 0.25) is 0 Å². The highest BCUT2D eigenvalue weighted by Crippen LogP contribution is 2.28. The number of hydrogen-bond acceptors (Lipinski definition) is 5. The van der Waals surface area contributed by atoms with Gasteiger partial charge >= 0.3 is 0 Å². The predicted octanol–water partition coefficient (Wildman–Crippen LogP) is 4.32. The van der Waals surface area contributed by atoms with Crippen molar-refractivity contribution in [1.29, 1.82) is 0 Å². The lowest BCUT2D eigenvalue weighted by Gasteiger charge is -2.35. The van der Waals surface area contributed by atoms with Crippen LogP contribution in [0.25, 0.3) is 5.69 Å². The van der Waals surface area contributed by atoms with Gasteiger partial charge in [0.1, 0.15) is 5.82 Å². The molecule has 2 amide bonds. The summed E-state index contributed by atoms with van der Waals surface area (Å²) in [5, 5.41) is 9.32. The summed E-state index contributed by atoms with van der Waals surface area (Å²) in [5.41, 5.74) is 3.37. The van der Waals surface area contributed by atoms with Crippen LogP contribution >= 0.6 is 11.8 Å². The summed E-state index contributed by atoms with van der Waals surface area (Å²) < 4.78 is 2.03. The van der Waals surface area contributed by atoms with Crippen molar-refractivity contribution in [3.05, 3.63) is 35.2 Å². The molecule has 34 heavy (non-hydrogen) atoms. The first-order chi connectivity index (χ1) is 16.4. The van der Waals surface area contributed by atoms with Crippen molar-refractivity contribution in [3.8, 4) is 5.69 Å². The highest BCUT2D eigenvalue weighted by Gasteiger charge is 2.25. The molecule has 2 aliphatic rings. The summed E-state index contributed by atoms with van der Waals surface area (Å²) >= 11 is 1.43. The van der Waals surface area contributed by atoms with Gasteiger partial charge < -0.3 is 9.80 Å². The molecule has 2 fully saturated rings. The molecule has 1 aromatic carbocycles. The maximum Gasteiger partial charge on any atom is 0.233 e. The normalized spacial score (nSPS) is 17.3. The average Bonchev–Trinajstić information content (AvgIpc) is 3.23. The molecule has 184 valence electrons. The third kappa shape index (κ3) is 6.01. The lowest BCUT2D eigenvalue weighted by Crippen LogP contribution is -2.51. The van der Waals surface area contributed by atoms with Gasteiger partial charge in [-0.2, -0.15) is 0 Å². The van der Waals surface area contributed by atoms with Crippen LogP contribution in [0.1, 0.15) is 61.9 Å². The Balaban J connectivity index is 1.27. The molecule has 1 aliphatic heterocycles. The van der Waals surface area contributed by atoms with E-state index in [4.69, 9.17) is 0 Å². The van der Waals surface area contributed by atoms with Crippen LogP contribution in [-0.2, 0) is 9.59 Å². The zero-order valence-corrected chi connectivity index (χ0v) is 21.6. The number of nitrogens with zero attached hydrogens (tertiary/aromatic N) is 5. The van der Waals surface area contributed by atoms with E-state index in [2.05, 4.69) is 42.2 Å². The van der Waals surface area contributed by atoms with Gasteiger partial charge in [-0.3, -0.25) is 14.2 Å². The Morgan fingerprint density at radius 1 is 0.941 bits per heavy atom. The molecule has 0 bridgehead atoms. The van der Waals surface area contributed by atoms with Crippen LogP contribution in [0, 0.1) is 26.7 Å². The number of hydrogen-bond donors (Lipinski definition) is 0. The number of carbonyl (C=O) groups is 2. The van der Waals surface area contributed by atoms with Gasteiger partial charge in [-0.25, -0.2) is 0 Å². The first-order valence-corrected chi connectivity index (χ1v) is 13.6. The molecule has 0 atom stereocenters. The van der Waals surface area contributed by atoms with Crippen LogP contribution in [0.5, 0.6) is 0 Å². The minimum atomic E-state index is 0.0903. The van der Waals surface area contributed by atoms with E-state index in [1.807, 2.05) is 21.3 Å². The Labute approximate surface area is 207 Å². The van der Waals surface area contributed by atoms with Crippen LogP contribution < -0.4 is 0 Å². The van der Waals surface area contributed by atoms with E-state index in [1.54, 1.807) is 0 Å². The summed E-state index contributed by atoms with van der Waals surface area (Å²) in [5.74, 6) is 2.20. The van der Waals surface area contributed by atoms with E-state index in [9.17, 15) is 9.59 Å². The molecule has 1 aliphatic carbocycles. The number of rotatable bonds is 7. The molecule has 2 aromatic rings. The minimum Gasteiger partial charge on any atom is -0.339 e. The van der Waals surface area contributed by atoms with Crippen LogP contribution in [-0.4, -0.2) is 68.3 Å². The lowest BCUT2D eigenvalue weighted by molar-refractivity contribution is -0.138. The second kappa shape index (κ2) is 11.4. The number of aromatic nitrogens is 3. The molecule has 1 aromatic heterocycles. The fourth-order valence-electron chi connectivity index (χ4n) is 5.06. The first-order valence-electron chi connectivity index (χ1n) is 12.6. The molecular formula is C26H37N5O2S. The molecule has 4 rings (SSSR count). The van der Waals surface area contributed by atoms with Gasteiger partial charge in [-0.15, -0.1) is 10.2 Å². The van der Waals surface area contributed by atoms with Gasteiger partial charge in [-0.05, 0) is 50.3 Å². The number of carbonyl (C=O) groups excluding carboxylic acids is 2. The van der Waals surface area contributed by atoms with Crippen LogP contribution in [0.3, 0.4) is 0 Å². The molecule has 7 nitrogen and oxygen atoms in total. The Morgan fingerprint density at radius 2 is 1.62 bits per heavy atom. The average molecular weight is 484 g/mol. The zero-order chi connectivity index (χ0) is 24.1. The molecule has 2 heterocycles. The number of benzene rings is 1. The molecule has 0 N–H and O–H groups in total. The highest BCUT2D eigenvalue weighted by atomic mass is 32.2. The number of thioether (sulfide) groups is 1. The molecule has 1 saturated carbocycles. The predicted molar refractivity (Wildman–Crippen MR) is 135 cm³/mol. The summed E-state index contributed by atoms with van der Waals surface area (Å²) in [4.78, 5) is 29.4. The van der Waals surface area contributed by atoms with Crippen LogP contribution in [0.15, 0.2) is 23.4 Å². The summed E-state index contributed by atoms with van der Waals surface area (Å²) in [6.45, 7) is 8.57. The Kier molecular flexibility index (Phi) is 8.29. The zero-order valence-electron chi connectivity index (χ0n) is 20.8. The summed E-state index contributed by atoms with van der Waals surface area (Å²) in [7, 11) is 0. The third-order valence-electron chi connectivity index (χ3n) is 7.20. The second-order valence-corrected chi connectivity index (χ2v) is 10.7. The van der Waals surface area contributed by atoms with E-state index in [0.29, 0.717) is 38.4 Å². The smallest absolute Gasteiger partial charge is 0.233 e. The van der Waals surface area contributed by atoms with E-state index < -0.39 is 0 Å². The fraction of sp³-hybridized carbons (Fsp3) is 0.615. The Morgan fingerprint density at radius 3 is 2.32 bits per heavy atom. The van der Waals surface area contributed by atoms with Gasteiger partial charge in [0.2, 0.25) is 11.8 Å². The van der Waals surface area contributed by atoms with E-state index in [0.717, 1.165) is 34.6 Å². The number of aryl methyl sites for hydroxylation is 3. The van der Waals surface area contributed by atoms with Crippen molar-refractivity contribution in [2.75, 3.05) is 31.9 Å². The van der Waals surface area contributed by atoms with E-state index in [1.165, 1.54) is 49.4 Å². The Bertz CT molecular complexity index is 1010. The fourth-order valence-corrected chi connectivity index (χ4v) is 5.95. The van der Waals surface area contributed by atoms with Crippen molar-refractivity contribution >= 4 is 23.6 Å². The van der Waals surface area contributed by atoms with Gasteiger partial charge in [0.05, 0.1) is 11.4 Å². The maximum atomic E-state index is 12.9. The SMILES string of the molecule is Cc1ccc(C)c(-n2c(C)nnc2SCC(=O)N2CCN(C(=O)CCC3CCCCC3)CC2)c1. The monoisotopic (exact) mass is 483 g/mol. The van der Waals surface area contributed by atoms with E-state index >= 15 is 0 Å². The minimum absolute atomic E-state index is 0.0903. The quantitative estimate of drug-likeness (QED) is 0.549. The highest BCUT2D eigenvalue weighted by molar-refractivity contribution is 7.99. The standard InChI is InChI=1S/C26H37N5O2S/c1-19-9-10-20(2)23(17-19)31-21(3)27-28-26(31)34-18-25(33)30-15-13-29(14-16-30)24(32)12-11-22-7-5-4-6-8-22/h9-10,17,22H,4-8,11-16,18H2,1-3H3. The molecule has 0 radical (unpaired) electrons. The summed E-state index contributed by atoms with van der Waals surface area (Å²) in [6, 6.07) is 6.32. The van der Waals surface area contributed by atoms with Gasteiger partial charge in [-0.1, -0.05) is 56.0 Å². The second-order valence-electron chi connectivity index (χ2n) is 9.75. The van der Waals surface area contributed by atoms with Gasteiger partial charge in [0.25, 0.3) is 0 Å². The van der Waals surface area contributed by atoms with Crippen molar-refractivity contribution in [1.82, 2.24) is 24.6 Å². The van der Waals surface area contributed by atoms with Crippen LogP contribution in [0.4, 0.5) is 0 Å². The number of amides is 2. The molecule has 0 unspecified atom stereocenters. The summed E-state index contributed by atoms with van der Waals surface area (Å²) in [6.07, 6.45) is 8.23. The first kappa shape index (κ1) is 24.8. The topological polar surface area (TPSA) is 71.3 Å². The third-order valence-corrected chi connectivity index (χ3v) is 8.12. The van der Waals surface area contributed by atoms with Crippen molar-refractivity contribution < 1.29 is 9.59 Å². The molecule has 1 saturated heterocycles. The van der Waals surface area contributed by atoms with Crippen molar-refractivity contribution in [2.24, 2.45) is 5.92 Å². The van der Waals surface area contributed by atoms with Crippen molar-refractivity contribution in [3.63, 3.8) is 0 Å². The molecule has 0 spiro atoms. The largest absolute Gasteiger partial charge is 0.339 e. The lowest BCUT2D eigenvalue weighted by atomic mass is 9.86. The Hall–Kier alpha value is -2.35. The number of piperazine rings is 1. The maximum absolute atomic E-state index is 12.9.